The SMILES string of the molecule is COc1ccc(C2CC(=O)Nc3c2cnn3-c2nc3cnccc3s2)cc1OC1CCCC1. The second-order valence-electron chi connectivity index (χ2n) is 8.44. The topological polar surface area (TPSA) is 91.2 Å². The summed E-state index contributed by atoms with van der Waals surface area (Å²) in [5, 5.41) is 8.28. The van der Waals surface area contributed by atoms with Crippen LogP contribution in [0.2, 0.25) is 0 Å². The van der Waals surface area contributed by atoms with Crippen molar-refractivity contribution in [3.63, 3.8) is 0 Å². The third kappa shape index (κ3) is 3.62. The molecule has 1 unspecified atom stereocenters. The van der Waals surface area contributed by atoms with Gasteiger partial charge in [-0.3, -0.25) is 9.78 Å². The molecule has 3 aromatic heterocycles. The van der Waals surface area contributed by atoms with Crippen molar-refractivity contribution in [2.24, 2.45) is 0 Å². The van der Waals surface area contributed by atoms with E-state index in [2.05, 4.69) is 20.4 Å². The van der Waals surface area contributed by atoms with E-state index in [0.717, 1.165) is 39.9 Å². The van der Waals surface area contributed by atoms with Gasteiger partial charge < -0.3 is 14.8 Å². The summed E-state index contributed by atoms with van der Waals surface area (Å²) in [5.74, 6) is 1.93. The normalized spacial score (nSPS) is 18.3. The largest absolute Gasteiger partial charge is 0.493 e. The molecule has 1 N–H and O–H groups in total. The Hall–Kier alpha value is -3.46. The molecular weight excluding hydrogens is 438 g/mol. The predicted octanol–water partition coefficient (Wildman–Crippen LogP) is 4.68. The lowest BCUT2D eigenvalue weighted by molar-refractivity contribution is -0.116. The van der Waals surface area contributed by atoms with Gasteiger partial charge in [-0.1, -0.05) is 17.4 Å². The van der Waals surface area contributed by atoms with Crippen LogP contribution in [-0.4, -0.2) is 38.9 Å². The van der Waals surface area contributed by atoms with Crippen molar-refractivity contribution in [1.82, 2.24) is 19.7 Å². The molecule has 0 radical (unpaired) electrons. The Morgan fingerprint density at radius 2 is 2.03 bits per heavy atom. The van der Waals surface area contributed by atoms with Crippen molar-refractivity contribution in [3.05, 3.63) is 54.0 Å². The van der Waals surface area contributed by atoms with Crippen molar-refractivity contribution >= 4 is 33.3 Å². The molecule has 1 amide bonds. The lowest BCUT2D eigenvalue weighted by atomic mass is 9.87. The van der Waals surface area contributed by atoms with Gasteiger partial charge in [-0.2, -0.15) is 9.78 Å². The number of nitrogens with one attached hydrogen (secondary N) is 1. The summed E-state index contributed by atoms with van der Waals surface area (Å²) < 4.78 is 14.6. The van der Waals surface area contributed by atoms with Gasteiger partial charge >= 0.3 is 0 Å². The number of nitrogens with zero attached hydrogens (tertiary/aromatic N) is 4. The number of carbonyl (C=O) groups excluding carboxylic acids is 1. The van der Waals surface area contributed by atoms with Gasteiger partial charge in [0.2, 0.25) is 11.0 Å². The number of rotatable bonds is 5. The second kappa shape index (κ2) is 8.15. The minimum absolute atomic E-state index is 0.0499. The molecule has 1 aromatic carbocycles. The van der Waals surface area contributed by atoms with E-state index in [-0.39, 0.29) is 17.9 Å². The van der Waals surface area contributed by atoms with E-state index in [4.69, 9.17) is 9.47 Å². The first kappa shape index (κ1) is 20.2. The number of benzene rings is 1. The number of thiazole rings is 1. The van der Waals surface area contributed by atoms with E-state index in [0.29, 0.717) is 23.1 Å². The maximum absolute atomic E-state index is 12.7. The van der Waals surface area contributed by atoms with Crippen LogP contribution in [0, 0.1) is 0 Å². The Kier molecular flexibility index (Phi) is 4.98. The molecule has 1 atom stereocenters. The van der Waals surface area contributed by atoms with E-state index in [1.165, 1.54) is 24.2 Å². The summed E-state index contributed by atoms with van der Waals surface area (Å²) in [7, 11) is 1.65. The molecule has 0 bridgehead atoms. The van der Waals surface area contributed by atoms with Crippen LogP contribution in [0.5, 0.6) is 11.5 Å². The van der Waals surface area contributed by atoms with Gasteiger partial charge in [0.15, 0.2) is 11.5 Å². The van der Waals surface area contributed by atoms with Crippen molar-refractivity contribution in [2.45, 2.75) is 44.1 Å². The quantitative estimate of drug-likeness (QED) is 0.464. The van der Waals surface area contributed by atoms with Crippen LogP contribution in [0.15, 0.2) is 42.9 Å². The zero-order valence-corrected chi connectivity index (χ0v) is 19.0. The summed E-state index contributed by atoms with van der Waals surface area (Å²) in [6.07, 6.45) is 10.4. The van der Waals surface area contributed by atoms with Crippen LogP contribution < -0.4 is 14.8 Å². The molecule has 1 aliphatic carbocycles. The third-order valence-electron chi connectivity index (χ3n) is 6.37. The standard InChI is InChI=1S/C24H23N5O3S/c1-31-19-7-6-14(10-20(19)32-15-4-2-3-5-15)16-11-22(30)28-23-17(16)12-26-29(23)24-27-18-13-25-9-8-21(18)33-24/h6-10,12-13,15-16H,2-5,11H2,1H3,(H,28,30). The molecule has 0 saturated heterocycles. The van der Waals surface area contributed by atoms with Crippen LogP contribution in [0.4, 0.5) is 5.82 Å². The Balaban J connectivity index is 1.38. The van der Waals surface area contributed by atoms with Crippen molar-refractivity contribution in [2.75, 3.05) is 12.4 Å². The third-order valence-corrected chi connectivity index (χ3v) is 7.38. The number of methoxy groups -OCH3 is 1. The zero-order chi connectivity index (χ0) is 22.4. The first-order valence-electron chi connectivity index (χ1n) is 11.1. The van der Waals surface area contributed by atoms with Gasteiger partial charge in [-0.05, 0) is 49.4 Å². The number of pyridine rings is 1. The summed E-state index contributed by atoms with van der Waals surface area (Å²) >= 11 is 1.51. The highest BCUT2D eigenvalue weighted by Crippen LogP contribution is 2.42. The average Bonchev–Trinajstić information content (AvgIpc) is 3.57. The highest BCUT2D eigenvalue weighted by molar-refractivity contribution is 7.20. The van der Waals surface area contributed by atoms with E-state index >= 15 is 0 Å². The fourth-order valence-electron chi connectivity index (χ4n) is 4.71. The molecule has 33 heavy (non-hydrogen) atoms. The first-order valence-corrected chi connectivity index (χ1v) is 11.9. The fourth-order valence-corrected chi connectivity index (χ4v) is 5.61. The monoisotopic (exact) mass is 461 g/mol. The number of fused-ring (bicyclic) bond motifs is 2. The summed E-state index contributed by atoms with van der Waals surface area (Å²) in [5.41, 5.74) is 2.78. The zero-order valence-electron chi connectivity index (χ0n) is 18.2. The molecule has 1 aliphatic heterocycles. The molecule has 8 nitrogen and oxygen atoms in total. The number of hydrogen-bond acceptors (Lipinski definition) is 7. The Morgan fingerprint density at radius 3 is 2.85 bits per heavy atom. The van der Waals surface area contributed by atoms with Gasteiger partial charge in [-0.15, -0.1) is 0 Å². The lowest BCUT2D eigenvalue weighted by Crippen LogP contribution is -2.24. The van der Waals surface area contributed by atoms with Crippen molar-refractivity contribution in [3.8, 4) is 16.6 Å². The van der Waals surface area contributed by atoms with E-state index in [9.17, 15) is 4.79 Å². The predicted molar refractivity (Wildman–Crippen MR) is 126 cm³/mol. The Morgan fingerprint density at radius 1 is 1.15 bits per heavy atom. The second-order valence-corrected chi connectivity index (χ2v) is 9.45. The van der Waals surface area contributed by atoms with Crippen LogP contribution >= 0.6 is 11.3 Å². The van der Waals surface area contributed by atoms with Crippen LogP contribution in [-0.2, 0) is 4.79 Å². The number of ether oxygens (including phenoxy) is 2. The molecule has 6 rings (SSSR count). The van der Waals surface area contributed by atoms with Gasteiger partial charge in [-0.25, -0.2) is 4.98 Å². The molecule has 9 heteroatoms. The summed E-state index contributed by atoms with van der Waals surface area (Å²) in [6, 6.07) is 7.88. The van der Waals surface area contributed by atoms with E-state index < -0.39 is 0 Å². The Labute approximate surface area is 194 Å². The highest BCUT2D eigenvalue weighted by atomic mass is 32.1. The molecule has 1 fully saturated rings. The molecule has 4 aromatic rings. The van der Waals surface area contributed by atoms with Crippen LogP contribution in [0.1, 0.15) is 49.1 Å². The van der Waals surface area contributed by atoms with Gasteiger partial charge in [0, 0.05) is 24.1 Å². The molecule has 0 spiro atoms. The van der Waals surface area contributed by atoms with Crippen LogP contribution in [0.3, 0.4) is 0 Å². The highest BCUT2D eigenvalue weighted by Gasteiger charge is 2.32. The van der Waals surface area contributed by atoms with Crippen molar-refractivity contribution in [1.29, 1.82) is 0 Å². The summed E-state index contributed by atoms with van der Waals surface area (Å²) in [6.45, 7) is 0. The maximum atomic E-state index is 12.7. The van der Waals surface area contributed by atoms with Gasteiger partial charge in [0.25, 0.3) is 0 Å². The van der Waals surface area contributed by atoms with E-state index in [1.54, 1.807) is 24.2 Å². The van der Waals surface area contributed by atoms with Gasteiger partial charge in [0.05, 0.1) is 30.3 Å². The minimum Gasteiger partial charge on any atom is -0.493 e. The van der Waals surface area contributed by atoms with Crippen molar-refractivity contribution < 1.29 is 14.3 Å². The maximum Gasteiger partial charge on any atom is 0.226 e. The van der Waals surface area contributed by atoms with E-state index in [1.807, 2.05) is 30.5 Å². The number of anilines is 1. The Bertz CT molecular complexity index is 1310. The minimum atomic E-state index is -0.129. The molecule has 2 aliphatic rings. The number of amides is 1. The number of carbonyl (C=O) groups is 1. The lowest BCUT2D eigenvalue weighted by Gasteiger charge is -2.24. The molecule has 168 valence electrons. The molecule has 1 saturated carbocycles. The fraction of sp³-hybridized carbons (Fsp3) is 0.333. The smallest absolute Gasteiger partial charge is 0.226 e. The summed E-state index contributed by atoms with van der Waals surface area (Å²) in [4.78, 5) is 21.5. The molecular formula is C24H23N5O3S. The number of aromatic nitrogens is 4. The number of hydrogen-bond donors (Lipinski definition) is 1. The average molecular weight is 462 g/mol. The van der Waals surface area contributed by atoms with Gasteiger partial charge in [0.1, 0.15) is 11.3 Å². The first-order chi connectivity index (χ1) is 16.2. The van der Waals surface area contributed by atoms with Crippen LogP contribution in [0.25, 0.3) is 15.3 Å². The molecule has 4 heterocycles.